The molecule has 2 aliphatic rings. The molecule has 0 radical (unpaired) electrons. The number of aromatic nitrogens is 2. The molecule has 1 aromatic carbocycles. The van der Waals surface area contributed by atoms with Gasteiger partial charge >= 0.3 is 0 Å². The molecule has 1 saturated carbocycles. The zero-order valence-corrected chi connectivity index (χ0v) is 26.5. The molecule has 0 spiro atoms. The highest BCUT2D eigenvalue weighted by Gasteiger charge is 2.37. The Morgan fingerprint density at radius 2 is 1.78 bits per heavy atom. The number of ketones is 1. The maximum absolute atomic E-state index is 15.4. The summed E-state index contributed by atoms with van der Waals surface area (Å²) < 4.78 is 94.9. The number of hydrogen-bond donors (Lipinski definition) is 1. The number of ether oxygens (including phenoxy) is 2. The molecule has 3 aromatic rings. The number of alkyl halides is 1. The van der Waals surface area contributed by atoms with Gasteiger partial charge in [0.25, 0.3) is 0 Å². The number of rotatable bonds is 10. The highest BCUT2D eigenvalue weighted by atomic mass is 32.2. The van der Waals surface area contributed by atoms with Crippen LogP contribution in [0.25, 0.3) is 11.3 Å². The monoisotopic (exact) mass is 663 g/mol. The Morgan fingerprint density at radius 3 is 2.43 bits per heavy atom. The van der Waals surface area contributed by atoms with Crippen molar-refractivity contribution in [1.82, 2.24) is 9.97 Å². The third kappa shape index (κ3) is 7.64. The molecule has 0 unspecified atom stereocenters. The van der Waals surface area contributed by atoms with E-state index in [0.29, 0.717) is 18.4 Å². The van der Waals surface area contributed by atoms with E-state index in [-0.39, 0.29) is 80.1 Å². The predicted octanol–water partition coefficient (Wildman–Crippen LogP) is 5.23. The normalized spacial score (nSPS) is 23.3. The topological polar surface area (TPSA) is 121 Å². The summed E-state index contributed by atoms with van der Waals surface area (Å²) in [6, 6.07) is 5.20. The zero-order valence-electron chi connectivity index (χ0n) is 25.6. The second kappa shape index (κ2) is 13.8. The number of hydrogen-bond acceptors (Lipinski definition) is 8. The number of nitrogens with zero attached hydrogens (tertiary/aromatic N) is 2. The van der Waals surface area contributed by atoms with Gasteiger partial charge in [0.15, 0.2) is 5.78 Å². The Bertz CT molecular complexity index is 1670. The summed E-state index contributed by atoms with van der Waals surface area (Å²) in [5.74, 6) is -4.08. The standard InChI is InChI=1S/C33H37F4N3O5S/c1-19-13-20(14-27(38)32(19)45-11-12-46(2,42)43)23-5-8-39-18-21(23)15-29(41)28-4-3-24(34)31(40-28)30-25(35)16-22(17-26(30)36)33(37)6-9-44-10-7-33/h3-5,8,16-20,27,32H,6-7,9-15,38H2,1-2H3/t19-,20+,27+,32-/m0/s1. The van der Waals surface area contributed by atoms with Gasteiger partial charge in [0, 0.05) is 57.2 Å². The second-order valence-corrected chi connectivity index (χ2v) is 14.6. The van der Waals surface area contributed by atoms with Crippen LogP contribution in [0, 0.1) is 23.4 Å². The summed E-state index contributed by atoms with van der Waals surface area (Å²) in [4.78, 5) is 21.6. The van der Waals surface area contributed by atoms with Gasteiger partial charge in [-0.25, -0.2) is 31.0 Å². The summed E-state index contributed by atoms with van der Waals surface area (Å²) in [7, 11) is -3.17. The summed E-state index contributed by atoms with van der Waals surface area (Å²) in [5, 5.41) is 0. The first-order valence-corrected chi connectivity index (χ1v) is 17.3. The fourth-order valence-corrected chi connectivity index (χ4v) is 6.90. The molecule has 1 aliphatic heterocycles. The minimum atomic E-state index is -3.17. The maximum Gasteiger partial charge on any atom is 0.185 e. The van der Waals surface area contributed by atoms with Crippen molar-refractivity contribution < 1.29 is 40.2 Å². The number of Topliss-reactive ketones (excluding diaryl/α,β-unsaturated/α-hetero) is 1. The van der Waals surface area contributed by atoms with Crippen LogP contribution in [-0.4, -0.2) is 68.1 Å². The van der Waals surface area contributed by atoms with E-state index in [0.717, 1.165) is 36.1 Å². The molecular weight excluding hydrogens is 626 g/mol. The van der Waals surface area contributed by atoms with Crippen molar-refractivity contribution in [2.75, 3.05) is 31.8 Å². The van der Waals surface area contributed by atoms with Gasteiger partial charge in [-0.2, -0.15) is 0 Å². The van der Waals surface area contributed by atoms with Gasteiger partial charge in [-0.05, 0) is 71.7 Å². The number of pyridine rings is 2. The van der Waals surface area contributed by atoms with Crippen LogP contribution >= 0.6 is 0 Å². The van der Waals surface area contributed by atoms with Gasteiger partial charge in [0.1, 0.15) is 44.3 Å². The van der Waals surface area contributed by atoms with E-state index in [1.54, 1.807) is 12.4 Å². The average Bonchev–Trinajstić information content (AvgIpc) is 2.99. The molecule has 3 heterocycles. The van der Waals surface area contributed by atoms with Crippen LogP contribution in [-0.2, 0) is 31.4 Å². The van der Waals surface area contributed by atoms with Crippen LogP contribution in [0.4, 0.5) is 17.6 Å². The predicted molar refractivity (Wildman–Crippen MR) is 163 cm³/mol. The lowest BCUT2D eigenvalue weighted by Crippen LogP contribution is -2.47. The Kier molecular flexibility index (Phi) is 10.3. The average molecular weight is 664 g/mol. The van der Waals surface area contributed by atoms with Crippen LogP contribution in [0.15, 0.2) is 42.7 Å². The van der Waals surface area contributed by atoms with Gasteiger partial charge < -0.3 is 15.2 Å². The van der Waals surface area contributed by atoms with Crippen LogP contribution in [0.3, 0.4) is 0 Å². The molecule has 248 valence electrons. The zero-order chi connectivity index (χ0) is 33.2. The quantitative estimate of drug-likeness (QED) is 0.231. The smallest absolute Gasteiger partial charge is 0.185 e. The van der Waals surface area contributed by atoms with Gasteiger partial charge in [0.2, 0.25) is 0 Å². The number of nitrogens with two attached hydrogens (primary N) is 1. The van der Waals surface area contributed by atoms with Crippen molar-refractivity contribution in [2.24, 2.45) is 11.7 Å². The molecule has 8 nitrogen and oxygen atoms in total. The highest BCUT2D eigenvalue weighted by molar-refractivity contribution is 7.90. The Morgan fingerprint density at radius 1 is 1.09 bits per heavy atom. The van der Waals surface area contributed by atoms with Crippen LogP contribution < -0.4 is 5.73 Å². The van der Waals surface area contributed by atoms with E-state index in [9.17, 15) is 17.6 Å². The number of halogens is 4. The first kappa shape index (κ1) is 34.1. The van der Waals surface area contributed by atoms with Crippen molar-refractivity contribution in [1.29, 1.82) is 0 Å². The van der Waals surface area contributed by atoms with Gasteiger partial charge in [-0.3, -0.25) is 9.78 Å². The molecule has 1 aliphatic carbocycles. The van der Waals surface area contributed by atoms with E-state index < -0.39 is 50.0 Å². The van der Waals surface area contributed by atoms with Crippen molar-refractivity contribution in [3.05, 3.63) is 82.6 Å². The molecule has 2 fully saturated rings. The molecule has 0 bridgehead atoms. The molecule has 2 aromatic heterocycles. The largest absolute Gasteiger partial charge is 0.381 e. The third-order valence-electron chi connectivity index (χ3n) is 8.91. The highest BCUT2D eigenvalue weighted by Crippen LogP contribution is 2.40. The number of sulfone groups is 1. The third-order valence-corrected chi connectivity index (χ3v) is 9.81. The van der Waals surface area contributed by atoms with Crippen molar-refractivity contribution in [3.63, 3.8) is 0 Å². The van der Waals surface area contributed by atoms with Gasteiger partial charge in [-0.1, -0.05) is 6.92 Å². The molecule has 13 heteroatoms. The molecule has 46 heavy (non-hydrogen) atoms. The van der Waals surface area contributed by atoms with Crippen molar-refractivity contribution in [3.8, 4) is 11.3 Å². The fourth-order valence-electron chi connectivity index (χ4n) is 6.50. The van der Waals surface area contributed by atoms with Crippen LogP contribution in [0.5, 0.6) is 0 Å². The Labute approximate surface area is 265 Å². The summed E-state index contributed by atoms with van der Waals surface area (Å²) in [6.07, 6.45) is 4.90. The lowest BCUT2D eigenvalue weighted by atomic mass is 9.73. The first-order valence-electron chi connectivity index (χ1n) is 15.2. The van der Waals surface area contributed by atoms with E-state index in [1.807, 2.05) is 13.0 Å². The molecule has 2 N–H and O–H groups in total. The SMILES string of the molecule is C[C@H]1C[C@@H](c2ccncc2CC(=O)c2ccc(F)c(-c3c(F)cc(C4(F)CCOCC4)cc3F)n2)C[C@@H](N)[C@H]1OCCS(C)(=O)=O. The molecular formula is C33H37F4N3O5S. The lowest BCUT2D eigenvalue weighted by molar-refractivity contribution is -0.0154. The molecule has 0 amide bonds. The van der Waals surface area contributed by atoms with Crippen molar-refractivity contribution in [2.45, 2.75) is 62.8 Å². The van der Waals surface area contributed by atoms with Gasteiger partial charge in [-0.15, -0.1) is 0 Å². The summed E-state index contributed by atoms with van der Waals surface area (Å²) >= 11 is 0. The molecule has 1 saturated heterocycles. The number of carbonyl (C=O) groups is 1. The Balaban J connectivity index is 1.34. The van der Waals surface area contributed by atoms with E-state index >= 15 is 13.2 Å². The molecule has 5 rings (SSSR count). The lowest BCUT2D eigenvalue weighted by Gasteiger charge is -2.39. The second-order valence-electron chi connectivity index (χ2n) is 12.4. The summed E-state index contributed by atoms with van der Waals surface area (Å²) in [6.45, 7) is 2.25. The van der Waals surface area contributed by atoms with Crippen LogP contribution in [0.1, 0.15) is 65.7 Å². The van der Waals surface area contributed by atoms with Gasteiger partial charge in [0.05, 0.1) is 24.0 Å². The van der Waals surface area contributed by atoms with Crippen molar-refractivity contribution >= 4 is 15.6 Å². The van der Waals surface area contributed by atoms with Crippen LogP contribution in [0.2, 0.25) is 0 Å². The minimum Gasteiger partial charge on any atom is -0.381 e. The molecule has 4 atom stereocenters. The number of benzene rings is 1. The fraction of sp³-hybridized carbons (Fsp3) is 0.485. The maximum atomic E-state index is 15.4. The first-order chi connectivity index (χ1) is 21.8. The van der Waals surface area contributed by atoms with E-state index in [2.05, 4.69) is 9.97 Å². The van der Waals surface area contributed by atoms with E-state index in [4.69, 9.17) is 15.2 Å². The van der Waals surface area contributed by atoms with E-state index in [1.165, 1.54) is 0 Å². The number of carbonyl (C=O) groups excluding carboxylic acids is 1. The Hall–Kier alpha value is -3.26. The minimum absolute atomic E-state index is 0.00116. The summed E-state index contributed by atoms with van der Waals surface area (Å²) in [5.41, 5.74) is 4.07.